The second kappa shape index (κ2) is 5.07. The summed E-state index contributed by atoms with van der Waals surface area (Å²) in [5.41, 5.74) is 0. The van der Waals surface area contributed by atoms with Gasteiger partial charge >= 0.3 is 6.18 Å². The molecule has 0 nitrogen and oxygen atoms in total. The Kier molecular flexibility index (Phi) is 4.27. The first-order chi connectivity index (χ1) is 6.90. The lowest BCUT2D eigenvalue weighted by Crippen LogP contribution is -2.09. The Morgan fingerprint density at radius 2 is 1.80 bits per heavy atom. The van der Waals surface area contributed by atoms with E-state index in [-0.39, 0.29) is 4.90 Å². The van der Waals surface area contributed by atoms with E-state index in [4.69, 9.17) is 0 Å². The molecule has 0 fully saturated rings. The highest BCUT2D eigenvalue weighted by Crippen LogP contribution is 2.37. The third kappa shape index (κ3) is 4.29. The van der Waals surface area contributed by atoms with E-state index in [1.807, 2.05) is 0 Å². The predicted octanol–water partition coefficient (Wildman–Crippen LogP) is 4.27. The van der Waals surface area contributed by atoms with Gasteiger partial charge in [0.2, 0.25) is 0 Å². The fourth-order valence-electron chi connectivity index (χ4n) is 0.708. The van der Waals surface area contributed by atoms with Gasteiger partial charge < -0.3 is 0 Å². The van der Waals surface area contributed by atoms with E-state index in [0.717, 1.165) is 6.07 Å². The molecule has 0 N–H and O–H groups in total. The van der Waals surface area contributed by atoms with E-state index in [1.165, 1.54) is 12.1 Å². The summed E-state index contributed by atoms with van der Waals surface area (Å²) < 4.78 is 60.8. The molecule has 0 aliphatic carbocycles. The number of benzene rings is 1. The zero-order chi connectivity index (χ0) is 11.5. The van der Waals surface area contributed by atoms with Crippen LogP contribution in [0.3, 0.4) is 0 Å². The lowest BCUT2D eigenvalue weighted by Gasteiger charge is -2.05. The second-order valence-electron chi connectivity index (χ2n) is 2.51. The van der Waals surface area contributed by atoms with E-state index in [2.05, 4.69) is 0 Å². The molecule has 0 aliphatic heterocycles. The molecule has 0 heterocycles. The fraction of sp³-hybridized carbons (Fsp3) is 0.250. The number of alkyl halides is 3. The molecule has 0 spiro atoms. The zero-order valence-corrected chi connectivity index (χ0v) is 8.78. The molecule has 0 saturated heterocycles. The molecular weight excluding hydrogens is 255 g/mol. The lowest BCUT2D eigenvalue weighted by atomic mass is 10.3. The Morgan fingerprint density at radius 1 is 1.13 bits per heavy atom. The van der Waals surface area contributed by atoms with Crippen molar-refractivity contribution in [1.29, 1.82) is 0 Å². The van der Waals surface area contributed by atoms with Crippen molar-refractivity contribution in [3.63, 3.8) is 0 Å². The number of halogens is 5. The molecule has 84 valence electrons. The van der Waals surface area contributed by atoms with Gasteiger partial charge in [0.15, 0.2) is 11.6 Å². The molecule has 15 heavy (non-hydrogen) atoms. The van der Waals surface area contributed by atoms with Crippen LogP contribution in [0.2, 0.25) is 0 Å². The fourth-order valence-corrected chi connectivity index (χ4v) is 2.68. The summed E-state index contributed by atoms with van der Waals surface area (Å²) in [7, 11) is 0.991. The first kappa shape index (κ1) is 12.6. The third-order valence-electron chi connectivity index (χ3n) is 1.29. The van der Waals surface area contributed by atoms with Crippen molar-refractivity contribution >= 4 is 21.6 Å². The molecule has 0 unspecified atom stereocenters. The molecule has 1 aromatic rings. The standard InChI is InChI=1S/C8H5F5S2/c9-5-2-1-3-6(7(5)10)15-14-4-8(11,12)13/h1-3H,4H2. The van der Waals surface area contributed by atoms with Crippen molar-refractivity contribution in [2.45, 2.75) is 11.1 Å². The molecule has 0 amide bonds. The molecule has 1 aromatic carbocycles. The van der Waals surface area contributed by atoms with Crippen molar-refractivity contribution in [3.05, 3.63) is 29.8 Å². The highest BCUT2D eigenvalue weighted by atomic mass is 33.1. The Balaban J connectivity index is 2.55. The second-order valence-corrected chi connectivity index (χ2v) is 4.85. The maximum atomic E-state index is 12.9. The van der Waals surface area contributed by atoms with Crippen LogP contribution in [0.5, 0.6) is 0 Å². The van der Waals surface area contributed by atoms with Crippen molar-refractivity contribution in [3.8, 4) is 0 Å². The van der Waals surface area contributed by atoms with Crippen molar-refractivity contribution in [1.82, 2.24) is 0 Å². The average molecular weight is 260 g/mol. The molecule has 0 saturated carbocycles. The summed E-state index contributed by atoms with van der Waals surface area (Å²) in [4.78, 5) is -0.135. The predicted molar refractivity (Wildman–Crippen MR) is 50.7 cm³/mol. The molecule has 0 aromatic heterocycles. The van der Waals surface area contributed by atoms with E-state index >= 15 is 0 Å². The van der Waals surface area contributed by atoms with Crippen LogP contribution in [0.1, 0.15) is 0 Å². The smallest absolute Gasteiger partial charge is 0.204 e. The molecule has 0 atom stereocenters. The summed E-state index contributed by atoms with van der Waals surface area (Å²) in [5, 5.41) is 0. The van der Waals surface area contributed by atoms with Gasteiger partial charge in [0.05, 0.1) is 4.90 Å². The molecule has 0 bridgehead atoms. The van der Waals surface area contributed by atoms with Gasteiger partial charge in [-0.25, -0.2) is 8.78 Å². The molecule has 0 aliphatic rings. The van der Waals surface area contributed by atoms with Crippen LogP contribution in [0.4, 0.5) is 22.0 Å². The monoisotopic (exact) mass is 260 g/mol. The minimum atomic E-state index is -4.30. The summed E-state index contributed by atoms with van der Waals surface area (Å²) in [6.07, 6.45) is -4.30. The van der Waals surface area contributed by atoms with E-state index in [0.29, 0.717) is 21.6 Å². The molecule has 7 heteroatoms. The topological polar surface area (TPSA) is 0 Å². The van der Waals surface area contributed by atoms with Crippen LogP contribution in [0.25, 0.3) is 0 Å². The molecular formula is C8H5F5S2. The third-order valence-corrected chi connectivity index (χ3v) is 3.59. The minimum Gasteiger partial charge on any atom is -0.204 e. The van der Waals surface area contributed by atoms with Gasteiger partial charge in [0, 0.05) is 0 Å². The molecule has 1 rings (SSSR count). The van der Waals surface area contributed by atoms with Crippen LogP contribution in [0, 0.1) is 11.6 Å². The van der Waals surface area contributed by atoms with Crippen LogP contribution in [-0.4, -0.2) is 11.9 Å². The Bertz CT molecular complexity index is 336. The van der Waals surface area contributed by atoms with Crippen LogP contribution < -0.4 is 0 Å². The normalized spacial score (nSPS) is 11.8. The Hall–Kier alpha value is -0.430. The maximum Gasteiger partial charge on any atom is 0.398 e. The summed E-state index contributed by atoms with van der Waals surface area (Å²) in [6, 6.07) is 3.38. The lowest BCUT2D eigenvalue weighted by molar-refractivity contribution is -0.104. The number of hydrogen-bond donors (Lipinski definition) is 0. The van der Waals surface area contributed by atoms with Gasteiger partial charge in [-0.15, -0.1) is 0 Å². The minimum absolute atomic E-state index is 0.135. The van der Waals surface area contributed by atoms with Gasteiger partial charge in [-0.1, -0.05) is 27.7 Å². The number of hydrogen-bond acceptors (Lipinski definition) is 2. The first-order valence-corrected chi connectivity index (χ1v) is 6.02. The zero-order valence-electron chi connectivity index (χ0n) is 7.15. The van der Waals surface area contributed by atoms with Crippen LogP contribution in [0.15, 0.2) is 23.1 Å². The van der Waals surface area contributed by atoms with Gasteiger partial charge in [-0.2, -0.15) is 13.2 Å². The van der Waals surface area contributed by atoms with E-state index in [9.17, 15) is 22.0 Å². The highest BCUT2D eigenvalue weighted by Gasteiger charge is 2.27. The molecule has 0 radical (unpaired) electrons. The van der Waals surface area contributed by atoms with Crippen LogP contribution in [-0.2, 0) is 0 Å². The SMILES string of the molecule is Fc1cccc(SSCC(F)(F)F)c1F. The van der Waals surface area contributed by atoms with Crippen LogP contribution >= 0.6 is 21.6 Å². The first-order valence-electron chi connectivity index (χ1n) is 3.70. The van der Waals surface area contributed by atoms with Crippen molar-refractivity contribution < 1.29 is 22.0 Å². The van der Waals surface area contributed by atoms with Gasteiger partial charge in [-0.3, -0.25) is 0 Å². The number of rotatable bonds is 3. The maximum absolute atomic E-state index is 12.9. The summed E-state index contributed by atoms with van der Waals surface area (Å²) in [5.74, 6) is -3.28. The van der Waals surface area contributed by atoms with Crippen molar-refractivity contribution in [2.75, 3.05) is 5.75 Å². The highest BCUT2D eigenvalue weighted by molar-refractivity contribution is 8.76. The van der Waals surface area contributed by atoms with Crippen molar-refractivity contribution in [2.24, 2.45) is 0 Å². The summed E-state index contributed by atoms with van der Waals surface area (Å²) >= 11 is 0. The average Bonchev–Trinajstić information content (AvgIpc) is 2.10. The van der Waals surface area contributed by atoms with E-state index in [1.54, 1.807) is 0 Å². The van der Waals surface area contributed by atoms with Gasteiger partial charge in [-0.05, 0) is 12.1 Å². The Morgan fingerprint density at radius 3 is 2.40 bits per heavy atom. The van der Waals surface area contributed by atoms with Gasteiger partial charge in [0.25, 0.3) is 0 Å². The Labute approximate surface area is 90.6 Å². The van der Waals surface area contributed by atoms with E-state index < -0.39 is 23.6 Å². The largest absolute Gasteiger partial charge is 0.398 e. The summed E-state index contributed by atoms with van der Waals surface area (Å²) in [6.45, 7) is 0. The van der Waals surface area contributed by atoms with Gasteiger partial charge in [0.1, 0.15) is 5.75 Å². The quantitative estimate of drug-likeness (QED) is 0.588.